The Morgan fingerprint density at radius 3 is 2.46 bits per heavy atom. The Morgan fingerprint density at radius 1 is 1.11 bits per heavy atom. The highest BCUT2D eigenvalue weighted by Crippen LogP contribution is 2.36. The van der Waals surface area contributed by atoms with Crippen molar-refractivity contribution < 1.29 is 27.4 Å². The van der Waals surface area contributed by atoms with Gasteiger partial charge in [-0.3, -0.25) is 4.79 Å². The summed E-state index contributed by atoms with van der Waals surface area (Å²) in [5, 5.41) is 9.82. The van der Waals surface area contributed by atoms with Crippen molar-refractivity contribution in [3.8, 4) is 16.9 Å². The van der Waals surface area contributed by atoms with E-state index in [0.29, 0.717) is 0 Å². The highest BCUT2D eigenvalue weighted by Gasteiger charge is 2.38. The SMILES string of the molecule is C[C@H]1CN([C@@H](C)CO)S(=O)(=O)c2ccc(-c3ccccc3)cc2O[C@@H]1CN(C)C(=O)c1ccccc1F. The average molecular weight is 527 g/mol. The summed E-state index contributed by atoms with van der Waals surface area (Å²) in [5.74, 6) is -1.30. The summed E-state index contributed by atoms with van der Waals surface area (Å²) in [6, 6.07) is 19.6. The smallest absolute Gasteiger partial charge is 0.256 e. The molecule has 0 saturated heterocycles. The first kappa shape index (κ1) is 26.8. The molecule has 0 unspecified atom stereocenters. The lowest BCUT2D eigenvalue weighted by molar-refractivity contribution is 0.0560. The van der Waals surface area contributed by atoms with Crippen LogP contribution in [0.3, 0.4) is 0 Å². The van der Waals surface area contributed by atoms with Gasteiger partial charge in [-0.25, -0.2) is 12.8 Å². The van der Waals surface area contributed by atoms with Crippen molar-refractivity contribution in [1.29, 1.82) is 0 Å². The Labute approximate surface area is 217 Å². The Morgan fingerprint density at radius 2 is 1.78 bits per heavy atom. The van der Waals surface area contributed by atoms with E-state index in [-0.39, 0.29) is 41.8 Å². The second kappa shape index (κ2) is 11.0. The zero-order valence-electron chi connectivity index (χ0n) is 21.0. The topological polar surface area (TPSA) is 87.2 Å². The number of hydrogen-bond acceptors (Lipinski definition) is 5. The molecule has 3 aromatic rings. The molecular weight excluding hydrogens is 495 g/mol. The average Bonchev–Trinajstić information content (AvgIpc) is 2.90. The van der Waals surface area contributed by atoms with E-state index in [0.717, 1.165) is 11.1 Å². The van der Waals surface area contributed by atoms with Gasteiger partial charge in [0.15, 0.2) is 0 Å². The zero-order valence-corrected chi connectivity index (χ0v) is 21.9. The molecule has 0 aliphatic carbocycles. The number of halogens is 1. The first-order valence-corrected chi connectivity index (χ1v) is 13.6. The Hall–Kier alpha value is -3.27. The molecule has 0 fully saturated rings. The lowest BCUT2D eigenvalue weighted by Gasteiger charge is -2.37. The van der Waals surface area contributed by atoms with Crippen LogP contribution in [0.4, 0.5) is 4.39 Å². The van der Waals surface area contributed by atoms with Gasteiger partial charge in [0.05, 0.1) is 18.7 Å². The van der Waals surface area contributed by atoms with Crippen molar-refractivity contribution in [2.24, 2.45) is 5.92 Å². The van der Waals surface area contributed by atoms with Gasteiger partial charge in [-0.1, -0.05) is 55.5 Å². The highest BCUT2D eigenvalue weighted by molar-refractivity contribution is 7.89. The first-order chi connectivity index (χ1) is 17.6. The van der Waals surface area contributed by atoms with Crippen LogP contribution in [-0.2, 0) is 10.0 Å². The molecule has 0 spiro atoms. The number of ether oxygens (including phenoxy) is 1. The van der Waals surface area contributed by atoms with Gasteiger partial charge < -0.3 is 14.7 Å². The van der Waals surface area contributed by atoms with Crippen LogP contribution in [0.5, 0.6) is 5.75 Å². The Kier molecular flexibility index (Phi) is 7.96. The monoisotopic (exact) mass is 526 g/mol. The third-order valence-corrected chi connectivity index (χ3v) is 8.70. The van der Waals surface area contributed by atoms with Gasteiger partial charge in [-0.2, -0.15) is 4.31 Å². The van der Waals surface area contributed by atoms with Gasteiger partial charge in [0.25, 0.3) is 5.91 Å². The minimum atomic E-state index is -3.98. The number of hydrogen-bond donors (Lipinski definition) is 1. The van der Waals surface area contributed by atoms with Crippen LogP contribution in [0.2, 0.25) is 0 Å². The molecule has 0 saturated carbocycles. The molecule has 1 amide bonds. The van der Waals surface area contributed by atoms with Crippen LogP contribution >= 0.6 is 0 Å². The molecule has 7 nitrogen and oxygen atoms in total. The number of fused-ring (bicyclic) bond motifs is 1. The van der Waals surface area contributed by atoms with Gasteiger partial charge in [0, 0.05) is 25.6 Å². The molecule has 196 valence electrons. The number of nitrogens with zero attached hydrogens (tertiary/aromatic N) is 2. The summed E-state index contributed by atoms with van der Waals surface area (Å²) in [6.45, 7) is 3.32. The number of likely N-dealkylation sites (N-methyl/N-ethyl adjacent to an activating group) is 1. The number of aliphatic hydroxyl groups excluding tert-OH is 1. The van der Waals surface area contributed by atoms with Crippen molar-refractivity contribution in [2.45, 2.75) is 30.9 Å². The van der Waals surface area contributed by atoms with Crippen LogP contribution in [0, 0.1) is 11.7 Å². The summed E-state index contributed by atoms with van der Waals surface area (Å²) in [7, 11) is -2.42. The molecule has 1 N–H and O–H groups in total. The fourth-order valence-electron chi connectivity index (χ4n) is 4.45. The van der Waals surface area contributed by atoms with E-state index in [9.17, 15) is 22.7 Å². The van der Waals surface area contributed by atoms with E-state index in [1.165, 1.54) is 33.5 Å². The predicted molar refractivity (Wildman–Crippen MR) is 139 cm³/mol. The molecule has 9 heteroatoms. The molecule has 37 heavy (non-hydrogen) atoms. The number of benzene rings is 3. The fraction of sp³-hybridized carbons (Fsp3) is 0.321. The van der Waals surface area contributed by atoms with E-state index in [1.54, 1.807) is 32.2 Å². The highest BCUT2D eigenvalue weighted by atomic mass is 32.2. The minimum Gasteiger partial charge on any atom is -0.487 e. The normalized spacial score (nSPS) is 20.1. The van der Waals surface area contributed by atoms with E-state index < -0.39 is 33.9 Å². The van der Waals surface area contributed by atoms with Crippen LogP contribution in [0.25, 0.3) is 11.1 Å². The number of amides is 1. The fourth-order valence-corrected chi connectivity index (χ4v) is 6.27. The summed E-state index contributed by atoms with van der Waals surface area (Å²) in [4.78, 5) is 14.4. The second-order valence-electron chi connectivity index (χ2n) is 9.43. The Balaban J connectivity index is 1.74. The molecule has 1 heterocycles. The van der Waals surface area contributed by atoms with Gasteiger partial charge >= 0.3 is 0 Å². The number of aliphatic hydroxyl groups is 1. The van der Waals surface area contributed by atoms with E-state index in [2.05, 4.69) is 0 Å². The van der Waals surface area contributed by atoms with Crippen molar-refractivity contribution in [2.75, 3.05) is 26.7 Å². The lowest BCUT2D eigenvalue weighted by atomic mass is 10.0. The summed E-state index contributed by atoms with van der Waals surface area (Å²) >= 11 is 0. The molecule has 0 aromatic heterocycles. The number of sulfonamides is 1. The maximum Gasteiger partial charge on any atom is 0.256 e. The molecule has 3 atom stereocenters. The van der Waals surface area contributed by atoms with Crippen molar-refractivity contribution in [3.63, 3.8) is 0 Å². The van der Waals surface area contributed by atoms with Gasteiger partial charge in [-0.05, 0) is 42.3 Å². The van der Waals surface area contributed by atoms with Crippen molar-refractivity contribution >= 4 is 15.9 Å². The van der Waals surface area contributed by atoms with E-state index in [1.807, 2.05) is 37.3 Å². The van der Waals surface area contributed by atoms with E-state index in [4.69, 9.17) is 4.74 Å². The maximum atomic E-state index is 14.3. The Bertz CT molecular complexity index is 1370. The summed E-state index contributed by atoms with van der Waals surface area (Å²) < 4.78 is 49.2. The summed E-state index contributed by atoms with van der Waals surface area (Å²) in [6.07, 6.45) is -0.602. The molecule has 1 aliphatic rings. The predicted octanol–water partition coefficient (Wildman–Crippen LogP) is 4.03. The van der Waals surface area contributed by atoms with Gasteiger partial charge in [-0.15, -0.1) is 0 Å². The van der Waals surface area contributed by atoms with Crippen LogP contribution < -0.4 is 4.74 Å². The van der Waals surface area contributed by atoms with Crippen LogP contribution in [0.15, 0.2) is 77.7 Å². The maximum absolute atomic E-state index is 14.3. The first-order valence-electron chi connectivity index (χ1n) is 12.1. The number of carbonyl (C=O) groups excluding carboxylic acids is 1. The molecule has 0 radical (unpaired) electrons. The standard InChI is InChI=1S/C28H31FN2O5S/c1-19-16-31(20(2)18-32)37(34,35)27-14-13-22(21-9-5-4-6-10-21)15-25(27)36-26(19)17-30(3)28(33)23-11-7-8-12-24(23)29/h4-15,19-20,26,32H,16-18H2,1-3H3/t19-,20-,26+/m0/s1. The molecule has 1 aliphatic heterocycles. The largest absolute Gasteiger partial charge is 0.487 e. The third kappa shape index (κ3) is 5.53. The number of rotatable bonds is 6. The third-order valence-electron chi connectivity index (χ3n) is 6.68. The van der Waals surface area contributed by atoms with Crippen molar-refractivity contribution in [1.82, 2.24) is 9.21 Å². The molecular formula is C28H31FN2O5S. The van der Waals surface area contributed by atoms with Crippen LogP contribution in [0.1, 0.15) is 24.2 Å². The van der Waals surface area contributed by atoms with Crippen LogP contribution in [-0.4, -0.2) is 67.5 Å². The van der Waals surface area contributed by atoms with E-state index >= 15 is 0 Å². The van der Waals surface area contributed by atoms with Gasteiger partial charge in [0.1, 0.15) is 22.6 Å². The van der Waals surface area contributed by atoms with Gasteiger partial charge in [0.2, 0.25) is 10.0 Å². The lowest BCUT2D eigenvalue weighted by Crippen LogP contribution is -2.50. The second-order valence-corrected chi connectivity index (χ2v) is 11.3. The molecule has 0 bridgehead atoms. The zero-order chi connectivity index (χ0) is 26.7. The number of carbonyl (C=O) groups is 1. The molecule has 4 rings (SSSR count). The molecule has 3 aromatic carbocycles. The minimum absolute atomic E-state index is 0.00698. The summed E-state index contributed by atoms with van der Waals surface area (Å²) in [5.41, 5.74) is 1.62. The van der Waals surface area contributed by atoms with Crippen molar-refractivity contribution in [3.05, 3.63) is 84.2 Å². The quantitative estimate of drug-likeness (QED) is 0.524.